The lowest BCUT2D eigenvalue weighted by Crippen LogP contribution is -2.30. The van der Waals surface area contributed by atoms with E-state index in [-0.39, 0.29) is 6.10 Å². The molecular weight excluding hydrogens is 202 g/mol. The third-order valence-electron chi connectivity index (χ3n) is 2.82. The number of nitrogens with one attached hydrogen (secondary N) is 1. The lowest BCUT2D eigenvalue weighted by molar-refractivity contribution is 0.123. The summed E-state index contributed by atoms with van der Waals surface area (Å²) in [6.45, 7) is 7.52. The van der Waals surface area contributed by atoms with E-state index in [2.05, 4.69) is 23.4 Å². The van der Waals surface area contributed by atoms with Gasteiger partial charge in [0.1, 0.15) is 0 Å². The molecule has 2 N–H and O–H groups in total. The zero-order chi connectivity index (χ0) is 12.1. The standard InChI is InChI=1S/C12H23N3O/c1-5-10-6-11(15(4)14-10)7-13-8-12(16)9(2)3/h6,9,12-13,16H,5,7-8H2,1-4H3. The molecule has 0 aromatic carbocycles. The minimum Gasteiger partial charge on any atom is -0.392 e. The Balaban J connectivity index is 2.39. The molecule has 4 heteroatoms. The second kappa shape index (κ2) is 6.01. The fourth-order valence-electron chi connectivity index (χ4n) is 1.49. The molecule has 0 spiro atoms. The highest BCUT2D eigenvalue weighted by atomic mass is 16.3. The Bertz CT molecular complexity index is 320. The predicted molar refractivity (Wildman–Crippen MR) is 65.1 cm³/mol. The smallest absolute Gasteiger partial charge is 0.0687 e. The van der Waals surface area contributed by atoms with E-state index >= 15 is 0 Å². The van der Waals surface area contributed by atoms with Crippen LogP contribution in [0.25, 0.3) is 0 Å². The van der Waals surface area contributed by atoms with Gasteiger partial charge < -0.3 is 10.4 Å². The van der Waals surface area contributed by atoms with Crippen molar-refractivity contribution in [1.82, 2.24) is 15.1 Å². The van der Waals surface area contributed by atoms with Gasteiger partial charge in [0.05, 0.1) is 17.5 Å². The molecule has 0 amide bonds. The molecule has 0 saturated carbocycles. The zero-order valence-electron chi connectivity index (χ0n) is 10.7. The summed E-state index contributed by atoms with van der Waals surface area (Å²) in [7, 11) is 1.95. The maximum absolute atomic E-state index is 9.64. The minimum atomic E-state index is -0.279. The van der Waals surface area contributed by atoms with E-state index in [1.807, 2.05) is 25.6 Å². The lowest BCUT2D eigenvalue weighted by Gasteiger charge is -2.14. The first kappa shape index (κ1) is 13.2. The summed E-state index contributed by atoms with van der Waals surface area (Å²) >= 11 is 0. The van der Waals surface area contributed by atoms with Crippen LogP contribution >= 0.6 is 0 Å². The van der Waals surface area contributed by atoms with Crippen molar-refractivity contribution in [1.29, 1.82) is 0 Å². The summed E-state index contributed by atoms with van der Waals surface area (Å²) in [5, 5.41) is 17.3. The molecule has 0 aliphatic carbocycles. The van der Waals surface area contributed by atoms with E-state index in [9.17, 15) is 5.11 Å². The van der Waals surface area contributed by atoms with Gasteiger partial charge in [0.2, 0.25) is 0 Å². The van der Waals surface area contributed by atoms with Gasteiger partial charge in [-0.2, -0.15) is 5.10 Å². The van der Waals surface area contributed by atoms with E-state index < -0.39 is 0 Å². The van der Waals surface area contributed by atoms with E-state index in [4.69, 9.17) is 0 Å². The van der Waals surface area contributed by atoms with Crippen LogP contribution in [0.4, 0.5) is 0 Å². The summed E-state index contributed by atoms with van der Waals surface area (Å²) in [5.74, 6) is 0.297. The number of aromatic nitrogens is 2. The summed E-state index contributed by atoms with van der Waals surface area (Å²) < 4.78 is 1.90. The minimum absolute atomic E-state index is 0.279. The molecule has 0 saturated heterocycles. The Morgan fingerprint density at radius 1 is 1.50 bits per heavy atom. The average molecular weight is 225 g/mol. The normalized spacial score (nSPS) is 13.4. The molecule has 1 rings (SSSR count). The van der Waals surface area contributed by atoms with Gasteiger partial charge in [-0.15, -0.1) is 0 Å². The number of rotatable bonds is 6. The second-order valence-corrected chi connectivity index (χ2v) is 4.55. The van der Waals surface area contributed by atoms with Gasteiger partial charge >= 0.3 is 0 Å². The van der Waals surface area contributed by atoms with Crippen molar-refractivity contribution in [2.24, 2.45) is 13.0 Å². The second-order valence-electron chi connectivity index (χ2n) is 4.55. The van der Waals surface area contributed by atoms with Crippen LogP contribution in [-0.2, 0) is 20.0 Å². The average Bonchev–Trinajstić information content (AvgIpc) is 2.59. The highest BCUT2D eigenvalue weighted by Crippen LogP contribution is 2.04. The Labute approximate surface area is 97.7 Å². The Hall–Kier alpha value is -0.870. The third-order valence-corrected chi connectivity index (χ3v) is 2.82. The molecule has 0 aliphatic rings. The molecule has 4 nitrogen and oxygen atoms in total. The van der Waals surface area contributed by atoms with Crippen LogP contribution in [0.5, 0.6) is 0 Å². The lowest BCUT2D eigenvalue weighted by atomic mass is 10.1. The first-order chi connectivity index (χ1) is 7.54. The molecule has 0 fully saturated rings. The van der Waals surface area contributed by atoms with Crippen molar-refractivity contribution in [2.75, 3.05) is 6.54 Å². The van der Waals surface area contributed by atoms with Gasteiger partial charge in [-0.1, -0.05) is 20.8 Å². The van der Waals surface area contributed by atoms with Crippen molar-refractivity contribution in [3.63, 3.8) is 0 Å². The Kier molecular flexibility index (Phi) is 4.96. The highest BCUT2D eigenvalue weighted by Gasteiger charge is 2.09. The third kappa shape index (κ3) is 3.61. The Morgan fingerprint density at radius 2 is 2.19 bits per heavy atom. The van der Waals surface area contributed by atoms with Crippen molar-refractivity contribution in [3.8, 4) is 0 Å². The van der Waals surface area contributed by atoms with E-state index in [0.29, 0.717) is 12.5 Å². The monoisotopic (exact) mass is 225 g/mol. The molecule has 0 radical (unpaired) electrons. The SMILES string of the molecule is CCc1cc(CNCC(O)C(C)C)n(C)n1. The zero-order valence-corrected chi connectivity index (χ0v) is 10.7. The topological polar surface area (TPSA) is 50.1 Å². The van der Waals surface area contributed by atoms with Crippen molar-refractivity contribution in [2.45, 2.75) is 39.8 Å². The highest BCUT2D eigenvalue weighted by molar-refractivity contribution is 5.09. The van der Waals surface area contributed by atoms with Crippen LogP contribution in [0.1, 0.15) is 32.2 Å². The van der Waals surface area contributed by atoms with Crippen LogP contribution in [-0.4, -0.2) is 27.5 Å². The summed E-state index contributed by atoms with van der Waals surface area (Å²) in [4.78, 5) is 0. The molecule has 92 valence electrons. The maximum Gasteiger partial charge on any atom is 0.0687 e. The van der Waals surface area contributed by atoms with E-state index in [1.165, 1.54) is 0 Å². The largest absolute Gasteiger partial charge is 0.392 e. The number of aliphatic hydroxyl groups excluding tert-OH is 1. The van der Waals surface area contributed by atoms with E-state index in [0.717, 1.165) is 24.4 Å². The molecule has 1 atom stereocenters. The predicted octanol–water partition coefficient (Wildman–Crippen LogP) is 1.09. The number of aryl methyl sites for hydroxylation is 2. The van der Waals surface area contributed by atoms with Gasteiger partial charge in [0.15, 0.2) is 0 Å². The van der Waals surface area contributed by atoms with Crippen LogP contribution in [0.3, 0.4) is 0 Å². The summed E-state index contributed by atoms with van der Waals surface area (Å²) in [6.07, 6.45) is 0.682. The quantitative estimate of drug-likeness (QED) is 0.762. The molecular formula is C12H23N3O. The van der Waals surface area contributed by atoms with Crippen molar-refractivity contribution in [3.05, 3.63) is 17.5 Å². The molecule has 1 aromatic heterocycles. The molecule has 1 aromatic rings. The van der Waals surface area contributed by atoms with Gasteiger partial charge in [-0.05, 0) is 18.4 Å². The van der Waals surface area contributed by atoms with Gasteiger partial charge in [0, 0.05) is 20.1 Å². The number of aliphatic hydroxyl groups is 1. The fourth-order valence-corrected chi connectivity index (χ4v) is 1.49. The first-order valence-electron chi connectivity index (χ1n) is 5.95. The van der Waals surface area contributed by atoms with Gasteiger partial charge in [0.25, 0.3) is 0 Å². The van der Waals surface area contributed by atoms with Crippen LogP contribution in [0.2, 0.25) is 0 Å². The molecule has 1 unspecified atom stereocenters. The molecule has 0 aliphatic heterocycles. The van der Waals surface area contributed by atoms with Gasteiger partial charge in [-0.25, -0.2) is 0 Å². The molecule has 0 bridgehead atoms. The maximum atomic E-state index is 9.64. The number of nitrogens with zero attached hydrogens (tertiary/aromatic N) is 2. The summed E-state index contributed by atoms with van der Waals surface area (Å²) in [5.41, 5.74) is 2.27. The number of hydrogen-bond donors (Lipinski definition) is 2. The Morgan fingerprint density at radius 3 is 2.69 bits per heavy atom. The number of hydrogen-bond acceptors (Lipinski definition) is 3. The van der Waals surface area contributed by atoms with Crippen LogP contribution in [0.15, 0.2) is 6.07 Å². The van der Waals surface area contributed by atoms with Crippen LogP contribution in [0, 0.1) is 5.92 Å². The van der Waals surface area contributed by atoms with Crippen molar-refractivity contribution >= 4 is 0 Å². The van der Waals surface area contributed by atoms with Crippen LogP contribution < -0.4 is 5.32 Å². The fraction of sp³-hybridized carbons (Fsp3) is 0.750. The molecule has 1 heterocycles. The van der Waals surface area contributed by atoms with E-state index in [1.54, 1.807) is 0 Å². The van der Waals surface area contributed by atoms with Gasteiger partial charge in [-0.3, -0.25) is 4.68 Å². The first-order valence-corrected chi connectivity index (χ1v) is 5.95. The molecule has 16 heavy (non-hydrogen) atoms. The van der Waals surface area contributed by atoms with Crippen molar-refractivity contribution < 1.29 is 5.11 Å². The summed E-state index contributed by atoms with van der Waals surface area (Å²) in [6, 6.07) is 2.11.